The molecule has 0 unspecified atom stereocenters. The SMILES string of the molecule is C[C@@H]1CCC[C@H](C)N1S(=O)(=O)c1ccc(N2C(=O)[C@@H]3[C@@H](C2=O)[C@H]2CC[C@H]3O2)cc1. The van der Waals surface area contributed by atoms with Gasteiger partial charge in [-0.05, 0) is 63.8 Å². The highest BCUT2D eigenvalue weighted by molar-refractivity contribution is 7.89. The number of hydrogen-bond acceptors (Lipinski definition) is 5. The standard InChI is InChI=1S/C21H26N2O5S/c1-12-4-3-5-13(2)23(12)29(26,27)15-8-6-14(7-9-15)22-20(24)18-16-10-11-17(28-16)19(18)21(22)25/h6-9,12-13,16-19H,3-5,10-11H2,1-2H3/t12-,13+,16-,17-,18+,19+/m1/s1. The van der Waals surface area contributed by atoms with Crippen molar-refractivity contribution in [3.63, 3.8) is 0 Å². The Morgan fingerprint density at radius 2 is 1.38 bits per heavy atom. The van der Waals surface area contributed by atoms with Crippen LogP contribution in [0, 0.1) is 11.8 Å². The number of ether oxygens (including phenoxy) is 1. The van der Waals surface area contributed by atoms with Crippen LogP contribution in [0.1, 0.15) is 46.0 Å². The number of fused-ring (bicyclic) bond motifs is 5. The van der Waals surface area contributed by atoms with Gasteiger partial charge in [-0.25, -0.2) is 13.3 Å². The molecule has 0 radical (unpaired) electrons. The van der Waals surface area contributed by atoms with Gasteiger partial charge in [0.25, 0.3) is 0 Å². The van der Waals surface area contributed by atoms with Gasteiger partial charge >= 0.3 is 0 Å². The third kappa shape index (κ3) is 2.72. The molecule has 8 heteroatoms. The molecule has 4 aliphatic heterocycles. The lowest BCUT2D eigenvalue weighted by atomic mass is 9.81. The number of amides is 2. The number of anilines is 1. The highest BCUT2D eigenvalue weighted by Gasteiger charge is 2.62. The Morgan fingerprint density at radius 1 is 0.862 bits per heavy atom. The first-order chi connectivity index (χ1) is 13.8. The van der Waals surface area contributed by atoms with Crippen LogP contribution >= 0.6 is 0 Å². The molecule has 0 aromatic heterocycles. The van der Waals surface area contributed by atoms with Crippen molar-refractivity contribution >= 4 is 27.5 Å². The highest BCUT2D eigenvalue weighted by Crippen LogP contribution is 2.49. The molecule has 29 heavy (non-hydrogen) atoms. The zero-order valence-corrected chi connectivity index (χ0v) is 17.5. The topological polar surface area (TPSA) is 84.0 Å². The predicted octanol–water partition coefficient (Wildman–Crippen LogP) is 2.30. The van der Waals surface area contributed by atoms with E-state index >= 15 is 0 Å². The normalized spacial score (nSPS) is 37.4. The Labute approximate surface area is 171 Å². The van der Waals surface area contributed by atoms with Gasteiger partial charge < -0.3 is 4.74 Å². The van der Waals surface area contributed by atoms with Gasteiger partial charge in [0, 0.05) is 12.1 Å². The molecule has 7 nitrogen and oxygen atoms in total. The van der Waals surface area contributed by atoms with Gasteiger partial charge in [-0.15, -0.1) is 0 Å². The molecule has 4 heterocycles. The number of nitrogens with zero attached hydrogens (tertiary/aromatic N) is 2. The van der Waals surface area contributed by atoms with Crippen LogP contribution in [0.4, 0.5) is 5.69 Å². The van der Waals surface area contributed by atoms with Gasteiger partial charge in [-0.2, -0.15) is 4.31 Å². The summed E-state index contributed by atoms with van der Waals surface area (Å²) in [5, 5.41) is 0. The number of benzene rings is 1. The molecule has 0 spiro atoms. The first-order valence-corrected chi connectivity index (χ1v) is 11.9. The van der Waals surface area contributed by atoms with Crippen LogP contribution in [-0.4, -0.2) is 48.8 Å². The third-order valence-electron chi connectivity index (χ3n) is 7.07. The van der Waals surface area contributed by atoms with E-state index in [0.717, 1.165) is 32.1 Å². The molecule has 0 saturated carbocycles. The van der Waals surface area contributed by atoms with Crippen LogP contribution in [0.25, 0.3) is 0 Å². The van der Waals surface area contributed by atoms with E-state index in [1.807, 2.05) is 13.8 Å². The molecular weight excluding hydrogens is 392 g/mol. The molecule has 2 bridgehead atoms. The number of rotatable bonds is 3. The summed E-state index contributed by atoms with van der Waals surface area (Å²) in [6, 6.07) is 6.09. The smallest absolute Gasteiger partial charge is 0.243 e. The summed E-state index contributed by atoms with van der Waals surface area (Å²) in [5.41, 5.74) is 0.437. The van der Waals surface area contributed by atoms with Crippen LogP contribution in [-0.2, 0) is 24.3 Å². The van der Waals surface area contributed by atoms with E-state index in [0.29, 0.717) is 5.69 Å². The number of imide groups is 1. The summed E-state index contributed by atoms with van der Waals surface area (Å²) in [5.74, 6) is -1.22. The van der Waals surface area contributed by atoms with E-state index in [9.17, 15) is 18.0 Å². The van der Waals surface area contributed by atoms with Crippen molar-refractivity contribution in [1.82, 2.24) is 4.31 Å². The first kappa shape index (κ1) is 19.2. The fraction of sp³-hybridized carbons (Fsp3) is 0.619. The van der Waals surface area contributed by atoms with E-state index in [-0.39, 0.29) is 52.8 Å². The molecule has 156 valence electrons. The van der Waals surface area contributed by atoms with Gasteiger partial charge in [0.2, 0.25) is 21.8 Å². The molecule has 4 aliphatic rings. The summed E-state index contributed by atoms with van der Waals surface area (Å²) in [7, 11) is -3.63. The van der Waals surface area contributed by atoms with E-state index in [1.54, 1.807) is 16.4 Å². The maximum Gasteiger partial charge on any atom is 0.243 e. The minimum absolute atomic E-state index is 0.0417. The molecule has 2 amide bonds. The largest absolute Gasteiger partial charge is 0.373 e. The summed E-state index contributed by atoms with van der Waals surface area (Å²) in [6.07, 6.45) is 4.06. The fourth-order valence-electron chi connectivity index (χ4n) is 5.73. The lowest BCUT2D eigenvalue weighted by Gasteiger charge is -2.37. The monoisotopic (exact) mass is 418 g/mol. The van der Waals surface area contributed by atoms with Crippen LogP contribution < -0.4 is 4.90 Å². The number of carbonyl (C=O) groups is 2. The van der Waals surface area contributed by atoms with Crippen molar-refractivity contribution in [2.75, 3.05) is 4.90 Å². The second kappa shape index (κ2) is 6.62. The Balaban J connectivity index is 1.42. The highest BCUT2D eigenvalue weighted by atomic mass is 32.2. The Morgan fingerprint density at radius 3 is 1.90 bits per heavy atom. The number of carbonyl (C=O) groups excluding carboxylic acids is 2. The van der Waals surface area contributed by atoms with Crippen molar-refractivity contribution < 1.29 is 22.7 Å². The van der Waals surface area contributed by atoms with E-state index in [2.05, 4.69) is 0 Å². The molecule has 4 fully saturated rings. The molecule has 1 aromatic carbocycles. The summed E-state index contributed by atoms with van der Waals surface area (Å²) < 4.78 is 33.7. The zero-order valence-electron chi connectivity index (χ0n) is 16.7. The molecule has 0 N–H and O–H groups in total. The molecule has 0 aliphatic carbocycles. The van der Waals surface area contributed by atoms with Crippen molar-refractivity contribution in [2.24, 2.45) is 11.8 Å². The van der Waals surface area contributed by atoms with Crippen LogP contribution in [0.15, 0.2) is 29.2 Å². The Kier molecular flexibility index (Phi) is 4.38. The second-order valence-corrected chi connectivity index (χ2v) is 10.7. The van der Waals surface area contributed by atoms with Gasteiger partial charge in [0.05, 0.1) is 34.6 Å². The fourth-order valence-corrected chi connectivity index (χ4v) is 7.61. The third-order valence-corrected chi connectivity index (χ3v) is 9.21. The van der Waals surface area contributed by atoms with E-state index in [1.165, 1.54) is 17.0 Å². The van der Waals surface area contributed by atoms with Crippen molar-refractivity contribution in [3.8, 4) is 0 Å². The number of sulfonamides is 1. The minimum Gasteiger partial charge on any atom is -0.373 e. The predicted molar refractivity (Wildman–Crippen MR) is 106 cm³/mol. The molecule has 1 aromatic rings. The van der Waals surface area contributed by atoms with Gasteiger partial charge in [0.15, 0.2) is 0 Å². The average Bonchev–Trinajstić information content (AvgIpc) is 3.35. The number of hydrogen-bond donors (Lipinski definition) is 0. The maximum absolute atomic E-state index is 13.2. The number of piperidine rings is 1. The quantitative estimate of drug-likeness (QED) is 0.704. The van der Waals surface area contributed by atoms with Crippen molar-refractivity contribution in [2.45, 2.75) is 75.1 Å². The average molecular weight is 419 g/mol. The van der Waals surface area contributed by atoms with Gasteiger partial charge in [0.1, 0.15) is 0 Å². The second-order valence-electron chi connectivity index (χ2n) is 8.81. The lowest BCUT2D eigenvalue weighted by molar-refractivity contribution is -0.124. The van der Waals surface area contributed by atoms with Crippen LogP contribution in [0.3, 0.4) is 0 Å². The lowest BCUT2D eigenvalue weighted by Crippen LogP contribution is -2.47. The summed E-state index contributed by atoms with van der Waals surface area (Å²) in [6.45, 7) is 3.89. The molecular formula is C21H26N2O5S. The molecule has 4 saturated heterocycles. The molecule has 5 rings (SSSR count). The van der Waals surface area contributed by atoms with Crippen LogP contribution in [0.5, 0.6) is 0 Å². The van der Waals surface area contributed by atoms with Crippen molar-refractivity contribution in [3.05, 3.63) is 24.3 Å². The van der Waals surface area contributed by atoms with E-state index < -0.39 is 10.0 Å². The minimum atomic E-state index is -3.63. The van der Waals surface area contributed by atoms with Gasteiger partial charge in [-0.3, -0.25) is 9.59 Å². The Hall–Kier alpha value is -1.77. The van der Waals surface area contributed by atoms with E-state index in [4.69, 9.17) is 4.74 Å². The van der Waals surface area contributed by atoms with Crippen LogP contribution in [0.2, 0.25) is 0 Å². The van der Waals surface area contributed by atoms with Gasteiger partial charge in [-0.1, -0.05) is 6.42 Å². The first-order valence-electron chi connectivity index (χ1n) is 10.5. The summed E-state index contributed by atoms with van der Waals surface area (Å²) >= 11 is 0. The maximum atomic E-state index is 13.2. The molecule has 6 atom stereocenters. The van der Waals surface area contributed by atoms with Crippen molar-refractivity contribution in [1.29, 1.82) is 0 Å². The summed E-state index contributed by atoms with van der Waals surface area (Å²) in [4.78, 5) is 27.2. The zero-order chi connectivity index (χ0) is 20.5. The Bertz CT molecular complexity index is 922.